The van der Waals surface area contributed by atoms with Gasteiger partial charge in [-0.1, -0.05) is 38.5 Å². The molecular weight excluding hydrogens is 348 g/mol. The molecule has 0 saturated heterocycles. The van der Waals surface area contributed by atoms with Crippen LogP contribution in [0.2, 0.25) is 0 Å². The van der Waals surface area contributed by atoms with Crippen LogP contribution in [0.15, 0.2) is 23.6 Å². The monoisotopic (exact) mass is 382 g/mol. The van der Waals surface area contributed by atoms with Crippen LogP contribution in [-0.4, -0.2) is 54.2 Å². The highest BCUT2D eigenvalue weighted by Crippen LogP contribution is 2.23. The summed E-state index contributed by atoms with van der Waals surface area (Å²) in [5.74, 6) is -0.636. The van der Waals surface area contributed by atoms with E-state index in [4.69, 9.17) is 15.2 Å². The zero-order valence-electron chi connectivity index (χ0n) is 16.1. The number of hydrogen-bond acceptors (Lipinski definition) is 6. The van der Waals surface area contributed by atoms with E-state index in [2.05, 4.69) is 5.32 Å². The number of hydrogen-bond donors (Lipinski definition) is 4. The third-order valence-electron chi connectivity index (χ3n) is 5.14. The minimum atomic E-state index is -2.09. The van der Waals surface area contributed by atoms with Crippen molar-refractivity contribution in [3.63, 3.8) is 0 Å². The number of aliphatic carboxylic acids is 1. The molecule has 7 heteroatoms. The van der Waals surface area contributed by atoms with E-state index >= 15 is 0 Å². The number of dihydropyridines is 1. The Balaban J connectivity index is 2.04. The third kappa shape index (κ3) is 7.16. The molecule has 1 unspecified atom stereocenters. The smallest absolute Gasteiger partial charge is 0.337 e. The summed E-state index contributed by atoms with van der Waals surface area (Å²) in [5.41, 5.74) is 4.51. The molecule has 2 bridgehead atoms. The lowest BCUT2D eigenvalue weighted by molar-refractivity contribution is -0.162. The molecule has 7 nitrogen and oxygen atoms in total. The highest BCUT2D eigenvalue weighted by atomic mass is 16.5. The first-order chi connectivity index (χ1) is 13.0. The predicted octanol–water partition coefficient (Wildman–Crippen LogP) is 2.06. The molecular formula is C20H34N2O5. The number of carbonyl (C=O) groups is 1. The second kappa shape index (κ2) is 11.3. The first-order valence-electron chi connectivity index (χ1n) is 10.1. The van der Waals surface area contributed by atoms with Gasteiger partial charge in [-0.25, -0.2) is 4.79 Å². The van der Waals surface area contributed by atoms with Crippen molar-refractivity contribution in [3.8, 4) is 0 Å². The summed E-state index contributed by atoms with van der Waals surface area (Å²) in [6, 6.07) is -1.02. The van der Waals surface area contributed by atoms with E-state index in [9.17, 15) is 15.0 Å². The quantitative estimate of drug-likeness (QED) is 0.549. The minimum Gasteiger partial charge on any atom is -0.494 e. The highest BCUT2D eigenvalue weighted by Gasteiger charge is 2.43. The average molecular weight is 383 g/mol. The summed E-state index contributed by atoms with van der Waals surface area (Å²) >= 11 is 0. The maximum absolute atomic E-state index is 11.7. The summed E-state index contributed by atoms with van der Waals surface area (Å²) in [4.78, 5) is 11.7. The van der Waals surface area contributed by atoms with Crippen molar-refractivity contribution >= 4 is 5.97 Å². The molecule has 0 aliphatic carbocycles. The Morgan fingerprint density at radius 3 is 2.41 bits per heavy atom. The number of rotatable bonds is 1. The largest absolute Gasteiger partial charge is 0.494 e. The molecule has 0 aromatic heterocycles. The molecule has 0 radical (unpaired) electrons. The van der Waals surface area contributed by atoms with Gasteiger partial charge in [-0.3, -0.25) is 0 Å². The Labute approximate surface area is 161 Å². The number of nitrogens with one attached hydrogen (secondary N) is 1. The highest BCUT2D eigenvalue weighted by molar-refractivity contribution is 5.78. The maximum Gasteiger partial charge on any atom is 0.337 e. The standard InChI is InChI=1S/C20H34N2O5/c21-18-15-26-11-7-5-3-1-2-4-6-8-12-27-17-9-10-22-16(13-17)14-20(18,25)19(23)24/h9,13,18,22,25H,1-8,10-12,14-15,21H2,(H,23,24)/t18?,20-/m1/s1. The fourth-order valence-electron chi connectivity index (χ4n) is 3.34. The molecule has 2 rings (SSSR count). The Bertz CT molecular complexity index is 534. The Hall–Kier alpha value is -1.57. The average Bonchev–Trinajstić information content (AvgIpc) is 2.64. The summed E-state index contributed by atoms with van der Waals surface area (Å²) in [7, 11) is 0. The lowest BCUT2D eigenvalue weighted by Gasteiger charge is -2.31. The van der Waals surface area contributed by atoms with E-state index < -0.39 is 17.6 Å². The van der Waals surface area contributed by atoms with Crippen molar-refractivity contribution in [2.75, 3.05) is 26.4 Å². The second-order valence-electron chi connectivity index (χ2n) is 7.42. The number of ether oxygens (including phenoxy) is 2. The molecule has 0 amide bonds. The molecule has 0 aromatic rings. The molecule has 0 spiro atoms. The van der Waals surface area contributed by atoms with E-state index in [1.165, 1.54) is 25.7 Å². The van der Waals surface area contributed by atoms with Crippen molar-refractivity contribution in [2.24, 2.45) is 5.73 Å². The molecule has 2 atom stereocenters. The van der Waals surface area contributed by atoms with Crippen LogP contribution >= 0.6 is 0 Å². The van der Waals surface area contributed by atoms with Gasteiger partial charge in [-0.15, -0.1) is 0 Å². The fourth-order valence-corrected chi connectivity index (χ4v) is 3.34. The van der Waals surface area contributed by atoms with E-state index in [0.29, 0.717) is 31.2 Å². The van der Waals surface area contributed by atoms with Crippen molar-refractivity contribution < 1.29 is 24.5 Å². The molecule has 0 aromatic carbocycles. The lowest BCUT2D eigenvalue weighted by Crippen LogP contribution is -2.57. The molecule has 2 heterocycles. The Morgan fingerprint density at radius 2 is 1.74 bits per heavy atom. The Morgan fingerprint density at radius 1 is 1.11 bits per heavy atom. The van der Waals surface area contributed by atoms with Gasteiger partial charge in [0.25, 0.3) is 0 Å². The lowest BCUT2D eigenvalue weighted by atomic mass is 9.89. The number of carboxylic acids is 1. The first-order valence-corrected chi connectivity index (χ1v) is 10.1. The van der Waals surface area contributed by atoms with Crippen LogP contribution in [0.4, 0.5) is 0 Å². The number of carboxylic acid groups (broad SMARTS) is 1. The topological polar surface area (TPSA) is 114 Å². The number of aliphatic hydroxyl groups is 1. The molecule has 154 valence electrons. The van der Waals surface area contributed by atoms with Gasteiger partial charge in [0, 0.05) is 25.3 Å². The van der Waals surface area contributed by atoms with Gasteiger partial charge in [-0.2, -0.15) is 0 Å². The van der Waals surface area contributed by atoms with Crippen LogP contribution in [0.5, 0.6) is 0 Å². The number of allylic oxidation sites excluding steroid dienone is 1. The second-order valence-corrected chi connectivity index (χ2v) is 7.42. The summed E-state index contributed by atoms with van der Waals surface area (Å²) in [5, 5.41) is 23.4. The zero-order valence-corrected chi connectivity index (χ0v) is 16.1. The zero-order chi connectivity index (χ0) is 19.5. The van der Waals surface area contributed by atoms with E-state index in [1.54, 1.807) is 6.08 Å². The van der Waals surface area contributed by atoms with Crippen LogP contribution in [0.25, 0.3) is 0 Å². The maximum atomic E-state index is 11.7. The van der Waals surface area contributed by atoms with Gasteiger partial charge < -0.3 is 30.7 Å². The fraction of sp³-hybridized carbons (Fsp3) is 0.750. The van der Waals surface area contributed by atoms with Gasteiger partial charge in [0.2, 0.25) is 0 Å². The minimum absolute atomic E-state index is 0.00920. The van der Waals surface area contributed by atoms with Gasteiger partial charge in [0.1, 0.15) is 5.76 Å². The number of nitrogens with two attached hydrogens (primary N) is 1. The van der Waals surface area contributed by atoms with Crippen LogP contribution in [0.3, 0.4) is 0 Å². The molecule has 0 fully saturated rings. The normalized spacial score (nSPS) is 29.6. The van der Waals surface area contributed by atoms with Crippen molar-refractivity contribution in [3.05, 3.63) is 23.6 Å². The van der Waals surface area contributed by atoms with Gasteiger partial charge in [0.15, 0.2) is 5.60 Å². The number of fused-ring (bicyclic) bond motifs is 1. The Kier molecular flexibility index (Phi) is 9.10. The van der Waals surface area contributed by atoms with Crippen LogP contribution < -0.4 is 11.1 Å². The van der Waals surface area contributed by atoms with Crippen molar-refractivity contribution in [2.45, 2.75) is 69.4 Å². The first kappa shape index (κ1) is 21.7. The third-order valence-corrected chi connectivity index (χ3v) is 5.14. The molecule has 5 N–H and O–H groups in total. The van der Waals surface area contributed by atoms with Crippen molar-refractivity contribution in [1.29, 1.82) is 0 Å². The summed E-state index contributed by atoms with van der Waals surface area (Å²) in [6.45, 7) is 1.72. The van der Waals surface area contributed by atoms with Crippen LogP contribution in [0.1, 0.15) is 57.8 Å². The summed E-state index contributed by atoms with van der Waals surface area (Å²) < 4.78 is 11.3. The predicted molar refractivity (Wildman–Crippen MR) is 103 cm³/mol. The summed E-state index contributed by atoms with van der Waals surface area (Å²) in [6.07, 6.45) is 12.6. The van der Waals surface area contributed by atoms with Gasteiger partial charge in [-0.05, 0) is 25.0 Å². The van der Waals surface area contributed by atoms with Gasteiger partial charge in [0.05, 0.1) is 19.3 Å². The van der Waals surface area contributed by atoms with Gasteiger partial charge >= 0.3 is 5.97 Å². The molecule has 2 aliphatic rings. The molecule has 0 saturated carbocycles. The van der Waals surface area contributed by atoms with E-state index in [1.807, 2.05) is 6.08 Å². The van der Waals surface area contributed by atoms with E-state index in [0.717, 1.165) is 25.7 Å². The van der Waals surface area contributed by atoms with Crippen molar-refractivity contribution in [1.82, 2.24) is 5.32 Å². The van der Waals surface area contributed by atoms with E-state index in [-0.39, 0.29) is 13.0 Å². The van der Waals surface area contributed by atoms with Crippen LogP contribution in [-0.2, 0) is 14.3 Å². The molecule has 27 heavy (non-hydrogen) atoms. The SMILES string of the molecule is NC1COCCCCCCCCCCOC2=CCNC(=C2)C[C@]1(O)C(=O)O. The molecule has 2 aliphatic heterocycles. The van der Waals surface area contributed by atoms with Crippen LogP contribution in [0, 0.1) is 0 Å².